The minimum absolute atomic E-state index is 0.734. The zero-order chi connectivity index (χ0) is 12.0. The molecule has 0 aromatic heterocycles. The summed E-state index contributed by atoms with van der Waals surface area (Å²) >= 11 is 15.6. The Morgan fingerprint density at radius 2 is 1.47 bits per heavy atom. The summed E-state index contributed by atoms with van der Waals surface area (Å²) in [6, 6.07) is 13.9. The van der Waals surface area contributed by atoms with E-state index in [0.29, 0.717) is 0 Å². The number of rotatable bonds is 0. The summed E-state index contributed by atoms with van der Waals surface area (Å²) < 4.78 is 1.01. The van der Waals surface area contributed by atoms with Crippen LogP contribution in [0.25, 0.3) is 21.5 Å². The molecule has 3 heteroatoms. The van der Waals surface area contributed by atoms with E-state index in [0.717, 1.165) is 25.3 Å². The van der Waals surface area contributed by atoms with E-state index in [9.17, 15) is 0 Å². The lowest BCUT2D eigenvalue weighted by Gasteiger charge is -2.07. The van der Waals surface area contributed by atoms with Crippen molar-refractivity contribution < 1.29 is 0 Å². The minimum atomic E-state index is 0.734. The van der Waals surface area contributed by atoms with E-state index in [1.165, 1.54) is 10.8 Å². The van der Waals surface area contributed by atoms with Crippen LogP contribution < -0.4 is 0 Å². The standard InChI is InChI=1S/C14H7BrCl2/c15-13-7-11(17)6-9-2-1-8-5-10(16)3-4-12(8)14(9)13/h1-7H. The highest BCUT2D eigenvalue weighted by atomic mass is 79.9. The highest BCUT2D eigenvalue weighted by molar-refractivity contribution is 9.10. The van der Waals surface area contributed by atoms with Crippen LogP contribution in [0.2, 0.25) is 10.0 Å². The lowest BCUT2D eigenvalue weighted by Crippen LogP contribution is -1.80. The van der Waals surface area contributed by atoms with Crippen LogP contribution in [-0.4, -0.2) is 0 Å². The molecule has 0 N–H and O–H groups in total. The Bertz CT molecular complexity index is 735. The van der Waals surface area contributed by atoms with Crippen molar-refractivity contribution in [3.8, 4) is 0 Å². The van der Waals surface area contributed by atoms with Crippen LogP contribution in [0.3, 0.4) is 0 Å². The first-order valence-electron chi connectivity index (χ1n) is 5.12. The second-order valence-electron chi connectivity index (χ2n) is 3.92. The lowest BCUT2D eigenvalue weighted by atomic mass is 10.0. The van der Waals surface area contributed by atoms with Crippen molar-refractivity contribution in [2.24, 2.45) is 0 Å². The van der Waals surface area contributed by atoms with Gasteiger partial charge in [-0.3, -0.25) is 0 Å². The van der Waals surface area contributed by atoms with Gasteiger partial charge in [-0.25, -0.2) is 0 Å². The van der Waals surface area contributed by atoms with Crippen molar-refractivity contribution in [3.63, 3.8) is 0 Å². The Labute approximate surface area is 117 Å². The van der Waals surface area contributed by atoms with Crippen molar-refractivity contribution >= 4 is 60.7 Å². The van der Waals surface area contributed by atoms with Gasteiger partial charge in [-0.1, -0.05) is 57.3 Å². The molecule has 0 fully saturated rings. The fourth-order valence-electron chi connectivity index (χ4n) is 2.09. The predicted octanol–water partition coefficient (Wildman–Crippen LogP) is 6.06. The monoisotopic (exact) mass is 324 g/mol. The van der Waals surface area contributed by atoms with Crippen LogP contribution in [0.5, 0.6) is 0 Å². The van der Waals surface area contributed by atoms with Crippen molar-refractivity contribution in [1.29, 1.82) is 0 Å². The van der Waals surface area contributed by atoms with Crippen LogP contribution >= 0.6 is 39.1 Å². The molecule has 0 atom stereocenters. The number of hydrogen-bond donors (Lipinski definition) is 0. The number of benzene rings is 3. The lowest BCUT2D eigenvalue weighted by molar-refractivity contribution is 1.73. The minimum Gasteiger partial charge on any atom is -0.0843 e. The summed E-state index contributed by atoms with van der Waals surface area (Å²) in [5, 5.41) is 6.09. The molecular weight excluding hydrogens is 319 g/mol. The summed E-state index contributed by atoms with van der Waals surface area (Å²) in [4.78, 5) is 0. The fourth-order valence-corrected chi connectivity index (χ4v) is 3.32. The number of hydrogen-bond acceptors (Lipinski definition) is 0. The second kappa shape index (κ2) is 4.16. The van der Waals surface area contributed by atoms with Gasteiger partial charge in [-0.05, 0) is 40.4 Å². The number of fused-ring (bicyclic) bond motifs is 3. The van der Waals surface area contributed by atoms with Crippen LogP contribution in [-0.2, 0) is 0 Å². The summed E-state index contributed by atoms with van der Waals surface area (Å²) in [5.41, 5.74) is 0. The molecule has 0 aliphatic rings. The van der Waals surface area contributed by atoms with Crippen molar-refractivity contribution in [1.82, 2.24) is 0 Å². The molecule has 0 saturated heterocycles. The summed E-state index contributed by atoms with van der Waals surface area (Å²) in [7, 11) is 0. The zero-order valence-corrected chi connectivity index (χ0v) is 11.8. The van der Waals surface area contributed by atoms with Gasteiger partial charge in [0.15, 0.2) is 0 Å². The molecule has 0 amide bonds. The summed E-state index contributed by atoms with van der Waals surface area (Å²) in [6.45, 7) is 0. The Balaban J connectivity index is 2.55. The first-order chi connectivity index (χ1) is 8.15. The maximum atomic E-state index is 6.05. The third-order valence-electron chi connectivity index (χ3n) is 2.81. The van der Waals surface area contributed by atoms with Crippen LogP contribution in [0.1, 0.15) is 0 Å². The van der Waals surface area contributed by atoms with Crippen LogP contribution in [0, 0.1) is 0 Å². The molecule has 3 rings (SSSR count). The Morgan fingerprint density at radius 3 is 2.29 bits per heavy atom. The average molecular weight is 326 g/mol. The smallest absolute Gasteiger partial charge is 0.0423 e. The molecule has 0 radical (unpaired) electrons. The first-order valence-corrected chi connectivity index (χ1v) is 6.67. The Kier molecular flexibility index (Phi) is 2.78. The predicted molar refractivity (Wildman–Crippen MR) is 79.2 cm³/mol. The number of halogens is 3. The molecule has 0 unspecified atom stereocenters. The van der Waals surface area contributed by atoms with Gasteiger partial charge in [0.1, 0.15) is 0 Å². The van der Waals surface area contributed by atoms with E-state index in [2.05, 4.69) is 28.1 Å². The zero-order valence-electron chi connectivity index (χ0n) is 8.68. The van der Waals surface area contributed by atoms with E-state index in [4.69, 9.17) is 23.2 Å². The quantitative estimate of drug-likeness (QED) is 0.440. The van der Waals surface area contributed by atoms with Gasteiger partial charge in [-0.2, -0.15) is 0 Å². The Hall–Kier alpha value is -0.760. The molecule has 0 aliphatic carbocycles. The molecule has 3 aromatic carbocycles. The van der Waals surface area contributed by atoms with Crippen molar-refractivity contribution in [3.05, 3.63) is 57.0 Å². The van der Waals surface area contributed by atoms with Crippen LogP contribution in [0.4, 0.5) is 0 Å². The molecule has 17 heavy (non-hydrogen) atoms. The molecular formula is C14H7BrCl2. The molecule has 0 spiro atoms. The van der Waals surface area contributed by atoms with Crippen LogP contribution in [0.15, 0.2) is 46.9 Å². The largest absolute Gasteiger partial charge is 0.0843 e. The molecule has 0 saturated carbocycles. The maximum Gasteiger partial charge on any atom is 0.0423 e. The van der Waals surface area contributed by atoms with Gasteiger partial charge in [0, 0.05) is 19.9 Å². The molecule has 0 heterocycles. The van der Waals surface area contributed by atoms with E-state index >= 15 is 0 Å². The van der Waals surface area contributed by atoms with E-state index < -0.39 is 0 Å². The van der Waals surface area contributed by atoms with E-state index in [1.807, 2.05) is 30.3 Å². The Morgan fingerprint density at radius 1 is 0.765 bits per heavy atom. The maximum absolute atomic E-state index is 6.05. The average Bonchev–Trinajstić information content (AvgIpc) is 2.28. The fraction of sp³-hybridized carbons (Fsp3) is 0. The third-order valence-corrected chi connectivity index (χ3v) is 3.89. The van der Waals surface area contributed by atoms with Gasteiger partial charge in [0.05, 0.1) is 0 Å². The van der Waals surface area contributed by atoms with Gasteiger partial charge in [0.25, 0.3) is 0 Å². The summed E-state index contributed by atoms with van der Waals surface area (Å²) in [6.07, 6.45) is 0. The molecule has 0 aliphatic heterocycles. The highest BCUT2D eigenvalue weighted by Gasteiger charge is 2.06. The third kappa shape index (κ3) is 1.93. The molecule has 0 nitrogen and oxygen atoms in total. The topological polar surface area (TPSA) is 0 Å². The first kappa shape index (κ1) is 11.3. The molecule has 0 bridgehead atoms. The van der Waals surface area contributed by atoms with Crippen molar-refractivity contribution in [2.75, 3.05) is 0 Å². The van der Waals surface area contributed by atoms with Crippen molar-refractivity contribution in [2.45, 2.75) is 0 Å². The van der Waals surface area contributed by atoms with Gasteiger partial charge in [0.2, 0.25) is 0 Å². The van der Waals surface area contributed by atoms with E-state index in [1.54, 1.807) is 0 Å². The normalized spacial score (nSPS) is 11.2. The van der Waals surface area contributed by atoms with E-state index in [-0.39, 0.29) is 0 Å². The second-order valence-corrected chi connectivity index (χ2v) is 5.64. The summed E-state index contributed by atoms with van der Waals surface area (Å²) in [5.74, 6) is 0. The SMILES string of the molecule is Clc1ccc2c(ccc3cc(Cl)cc(Br)c32)c1. The van der Waals surface area contributed by atoms with Gasteiger partial charge >= 0.3 is 0 Å². The van der Waals surface area contributed by atoms with Gasteiger partial charge < -0.3 is 0 Å². The van der Waals surface area contributed by atoms with Gasteiger partial charge in [-0.15, -0.1) is 0 Å². The molecule has 84 valence electrons. The highest BCUT2D eigenvalue weighted by Crippen LogP contribution is 2.34. The molecule has 3 aromatic rings.